The SMILES string of the molecule is C=C(N)NCCC[C@H](NC(=O)C(CC)(CC)NC(C)=O)C(=O)NC1(C(N)=O)CCCC1.C=C(N)NCCC[C@H](NC(=O)C1(NC(C)=O)CCC1)C(=O)N[C@H](C(N)=O)[C@@H](C)O.C=C(N)NCCC[C@H](NC(=O)[C@H](C)NC(C)=O)C(=O)N[C@@H](C)C(=O)NC(C)C.C=C(N)NCCC[C@H](NC(=O)[C@H](C)NC(C)=O)C(=O)N[C@@H](C)C(=O)NC(CC)CC. The third kappa shape index (κ3) is 43.7. The van der Waals surface area contributed by atoms with E-state index in [4.69, 9.17) is 34.4 Å². The van der Waals surface area contributed by atoms with E-state index in [1.807, 2.05) is 27.7 Å². The van der Waals surface area contributed by atoms with Crippen molar-refractivity contribution in [3.05, 3.63) is 49.6 Å². The van der Waals surface area contributed by atoms with Crippen molar-refractivity contribution in [3.63, 3.8) is 0 Å². The number of carbonyl (C=O) groups is 16. The van der Waals surface area contributed by atoms with Crippen molar-refractivity contribution in [2.75, 3.05) is 26.2 Å². The van der Waals surface area contributed by atoms with Crippen molar-refractivity contribution in [1.82, 2.24) is 95.7 Å². The van der Waals surface area contributed by atoms with Crippen molar-refractivity contribution < 1.29 is 81.8 Å². The lowest BCUT2D eigenvalue weighted by Gasteiger charge is -2.41. The molecule has 10 atom stereocenters. The number of amides is 16. The van der Waals surface area contributed by atoms with Crippen LogP contribution in [0, 0.1) is 0 Å². The van der Waals surface area contributed by atoms with Crippen molar-refractivity contribution in [2.24, 2.45) is 34.4 Å². The van der Waals surface area contributed by atoms with Crippen LogP contribution >= 0.6 is 0 Å². The van der Waals surface area contributed by atoms with Gasteiger partial charge in [0, 0.05) is 66.0 Å². The highest BCUT2D eigenvalue weighted by Gasteiger charge is 2.47. The Labute approximate surface area is 694 Å². The van der Waals surface area contributed by atoms with Gasteiger partial charge in [-0.1, -0.05) is 66.9 Å². The summed E-state index contributed by atoms with van der Waals surface area (Å²) in [5.41, 5.74) is 29.4. The van der Waals surface area contributed by atoms with E-state index >= 15 is 0 Å². The Morgan fingerprint density at radius 2 is 0.720 bits per heavy atom. The van der Waals surface area contributed by atoms with Crippen LogP contribution in [0.4, 0.5) is 0 Å². The quantitative estimate of drug-likeness (QED) is 0.0258. The highest BCUT2D eigenvalue weighted by atomic mass is 16.3. The Morgan fingerprint density at radius 1 is 0.381 bits per heavy atom. The molecule has 0 spiro atoms. The molecule has 0 saturated heterocycles. The second-order valence-electron chi connectivity index (χ2n) is 29.9. The summed E-state index contributed by atoms with van der Waals surface area (Å²) in [5.74, 6) is -6.22. The molecule has 2 rings (SSSR count). The van der Waals surface area contributed by atoms with Crippen LogP contribution in [-0.4, -0.2) is 215 Å². The van der Waals surface area contributed by atoms with Gasteiger partial charge in [-0.05, 0) is 158 Å². The van der Waals surface area contributed by atoms with Gasteiger partial charge in [-0.15, -0.1) is 0 Å². The number of hydrogen-bond acceptors (Lipinski definition) is 25. The van der Waals surface area contributed by atoms with Crippen molar-refractivity contribution in [2.45, 2.75) is 315 Å². The van der Waals surface area contributed by atoms with E-state index in [0.717, 1.165) is 32.1 Å². The molecule has 2 fully saturated rings. The normalized spacial score (nSPS) is 15.2. The number of rotatable bonds is 51. The van der Waals surface area contributed by atoms with Gasteiger partial charge >= 0.3 is 0 Å². The van der Waals surface area contributed by atoms with Crippen LogP contribution in [0.15, 0.2) is 49.6 Å². The molecule has 0 heterocycles. The molecule has 31 N–H and O–H groups in total. The minimum absolute atomic E-state index is 0.0429. The fraction of sp³-hybridized carbons (Fsp3) is 0.688. The first-order valence-electron chi connectivity index (χ1n) is 40.1. The van der Waals surface area contributed by atoms with Crippen LogP contribution in [0.3, 0.4) is 0 Å². The molecule has 0 aromatic carbocycles. The molecule has 118 heavy (non-hydrogen) atoms. The third-order valence-corrected chi connectivity index (χ3v) is 19.0. The van der Waals surface area contributed by atoms with Gasteiger partial charge in [0.2, 0.25) is 94.5 Å². The summed E-state index contributed by atoms with van der Waals surface area (Å²) in [4.78, 5) is 195. The average Bonchev–Trinajstić information content (AvgIpc) is 0.884. The van der Waals surface area contributed by atoms with Crippen molar-refractivity contribution >= 4 is 94.5 Å². The van der Waals surface area contributed by atoms with Crippen LogP contribution in [-0.2, 0) is 76.7 Å². The lowest BCUT2D eigenvalue weighted by atomic mass is 9.75. The van der Waals surface area contributed by atoms with E-state index < -0.39 is 136 Å². The fourth-order valence-corrected chi connectivity index (χ4v) is 12.0. The number of hydrogen-bond donors (Lipinski definition) is 25. The molecule has 16 amide bonds. The summed E-state index contributed by atoms with van der Waals surface area (Å²) in [5, 5.41) is 58.1. The summed E-state index contributed by atoms with van der Waals surface area (Å²) in [6.07, 6.45) is 8.53. The topological polar surface area (TPSA) is 666 Å². The number of carbonyl (C=O) groups excluding carboxylic acids is 16. The van der Waals surface area contributed by atoms with Crippen LogP contribution in [0.2, 0.25) is 0 Å². The van der Waals surface area contributed by atoms with E-state index in [2.05, 4.69) is 122 Å². The molecule has 672 valence electrons. The first-order valence-corrected chi connectivity index (χ1v) is 40.1. The van der Waals surface area contributed by atoms with E-state index in [9.17, 15) is 81.8 Å². The summed E-state index contributed by atoms with van der Waals surface area (Å²) in [6, 6.07) is -8.06. The van der Waals surface area contributed by atoms with E-state index in [0.29, 0.717) is 127 Å². The molecule has 0 aromatic rings. The summed E-state index contributed by atoms with van der Waals surface area (Å²) >= 11 is 0. The summed E-state index contributed by atoms with van der Waals surface area (Å²) < 4.78 is 0. The first kappa shape index (κ1) is 109. The Bertz CT molecular complexity index is 3370. The maximum atomic E-state index is 13.1. The maximum absolute atomic E-state index is 13.1. The Morgan fingerprint density at radius 3 is 1.02 bits per heavy atom. The molecule has 2 aliphatic carbocycles. The van der Waals surface area contributed by atoms with E-state index in [1.54, 1.807) is 27.7 Å². The summed E-state index contributed by atoms with van der Waals surface area (Å²) in [6.45, 7) is 39.9. The molecular formula is C77H142N24O17. The first-order chi connectivity index (χ1) is 54.9. The van der Waals surface area contributed by atoms with Gasteiger partial charge in [0.15, 0.2) is 0 Å². The molecule has 0 radical (unpaired) electrons. The number of nitrogens with two attached hydrogens (primary N) is 6. The van der Waals surface area contributed by atoms with E-state index in [-0.39, 0.29) is 59.8 Å². The molecule has 0 bridgehead atoms. The van der Waals surface area contributed by atoms with Gasteiger partial charge in [0.1, 0.15) is 71.0 Å². The molecule has 0 aromatic heterocycles. The summed E-state index contributed by atoms with van der Waals surface area (Å²) in [7, 11) is 0. The van der Waals surface area contributed by atoms with Crippen LogP contribution in [0.5, 0.6) is 0 Å². The van der Waals surface area contributed by atoms with Crippen molar-refractivity contribution in [3.8, 4) is 0 Å². The second kappa shape index (κ2) is 56.2. The zero-order chi connectivity index (χ0) is 91.0. The Kier molecular flexibility index (Phi) is 51.9. The zero-order valence-electron chi connectivity index (χ0n) is 72.0. The third-order valence-electron chi connectivity index (χ3n) is 19.0. The highest BCUT2D eigenvalue weighted by Crippen LogP contribution is 2.33. The maximum Gasteiger partial charge on any atom is 0.246 e. The Balaban J connectivity index is 0. The van der Waals surface area contributed by atoms with Gasteiger partial charge in [0.25, 0.3) is 0 Å². The Hall–Kier alpha value is -11.2. The monoisotopic (exact) mass is 1680 g/mol. The van der Waals surface area contributed by atoms with Gasteiger partial charge in [0.05, 0.1) is 29.4 Å². The molecule has 2 aliphatic rings. The fourth-order valence-electron chi connectivity index (χ4n) is 12.0. The van der Waals surface area contributed by atoms with E-state index in [1.165, 1.54) is 48.5 Å². The average molecular weight is 1680 g/mol. The lowest BCUT2D eigenvalue weighted by molar-refractivity contribution is -0.139. The highest BCUT2D eigenvalue weighted by molar-refractivity contribution is 5.99. The molecule has 41 heteroatoms. The van der Waals surface area contributed by atoms with Gasteiger partial charge < -0.3 is 135 Å². The molecular weight excluding hydrogens is 1530 g/mol. The molecule has 0 aliphatic heterocycles. The smallest absolute Gasteiger partial charge is 0.246 e. The zero-order valence-corrected chi connectivity index (χ0v) is 72.0. The lowest BCUT2D eigenvalue weighted by Crippen LogP contribution is -2.65. The van der Waals surface area contributed by atoms with Gasteiger partial charge in [-0.3, -0.25) is 76.7 Å². The number of aliphatic hydroxyl groups excluding tert-OH is 1. The standard InChI is InChI=1S/C21H38N6O4.C20H38N6O4.C18H32N6O5.C18H34N6O4/c1-5-20(6-2,26-15(4)28)19(31)25-16(10-9-13-24-14(3)22)17(29)27-21(18(23)30)11-7-8-12-21;1-7-16(8-2)25-18(28)13(4)24-20(30)17(10-9-11-22-14(5)21)26-19(29)12(3)23-15(6)27;1-10(25)14(15(20)27)23-16(28)13(6-4-9-21-11(2)19)22-17(29)18(7-5-8-18)24-12(3)26;1-10(2)21-16(26)12(4)23-18(28)15(8-7-9-20-13(5)19)24-17(27)11(3)22-14(6)25/h16,24H,3,5-13,22H2,1-2,4H3,(H2,23,30)(H,25,31)(H,26,28)(H,27,29);12-13,16-17,22H,5,7-11,21H2,1-4,6H3,(H,23,27)(H,24,30)(H,25,28)(H,26,29);10,13-14,21,25H,2,4-9,19H2,1,3H3,(H2,20,27)(H,22,29)(H,23,28)(H,24,26);10-12,15,20H,5,7-9,19H2,1-4,6H3,(H,21,26)(H,22,25)(H,23,28)(H,24,27)/t16-;12-,13-,17-;10-,13+,14+;11-,12-,15-/m0010/s1. The van der Waals surface area contributed by atoms with Crippen LogP contribution < -0.4 is 130 Å². The van der Waals surface area contributed by atoms with Crippen LogP contribution in [0.1, 0.15) is 226 Å². The minimum Gasteiger partial charge on any atom is -0.391 e. The molecule has 2 saturated carbocycles. The number of primary amides is 2. The predicted octanol–water partition coefficient (Wildman–Crippen LogP) is -4.01. The van der Waals surface area contributed by atoms with Gasteiger partial charge in [-0.25, -0.2) is 0 Å². The van der Waals surface area contributed by atoms with Gasteiger partial charge in [-0.2, -0.15) is 0 Å². The predicted molar refractivity (Wildman–Crippen MR) is 446 cm³/mol. The number of aliphatic hydroxyl groups is 1. The largest absolute Gasteiger partial charge is 0.391 e. The number of nitrogens with one attached hydrogen (secondary N) is 18. The minimum atomic E-state index is -1.29. The molecule has 41 nitrogen and oxygen atoms in total. The van der Waals surface area contributed by atoms with Crippen LogP contribution in [0.25, 0.3) is 0 Å². The van der Waals surface area contributed by atoms with Crippen molar-refractivity contribution in [1.29, 1.82) is 0 Å². The molecule has 0 unspecified atom stereocenters. The second-order valence-corrected chi connectivity index (χ2v) is 29.9.